The van der Waals surface area contributed by atoms with E-state index in [1.54, 1.807) is 6.07 Å². The van der Waals surface area contributed by atoms with Crippen LogP contribution in [0.25, 0.3) is 10.2 Å². The van der Waals surface area contributed by atoms with Crippen LogP contribution in [-0.2, 0) is 0 Å². The molecule has 3 aromatic rings. The van der Waals surface area contributed by atoms with Gasteiger partial charge in [0.2, 0.25) is 0 Å². The number of hydrogen-bond acceptors (Lipinski definition) is 3. The first-order valence-electron chi connectivity index (χ1n) is 5.30. The molecule has 0 spiro atoms. The number of thiazole rings is 1. The highest BCUT2D eigenvalue weighted by molar-refractivity contribution is 7.22. The van der Waals surface area contributed by atoms with Crippen LogP contribution in [-0.4, -0.2) is 4.98 Å². The second kappa shape index (κ2) is 4.76. The number of fused-ring (bicyclic) bond motifs is 1. The molecule has 0 saturated carbocycles. The number of anilines is 2. The minimum absolute atomic E-state index is 0.579. The Kier molecular flexibility index (Phi) is 3.12. The Morgan fingerprint density at radius 3 is 2.61 bits per heavy atom. The van der Waals surface area contributed by atoms with E-state index in [2.05, 4.69) is 10.3 Å². The van der Waals surface area contributed by atoms with Gasteiger partial charge in [0.05, 0.1) is 9.72 Å². The molecular weight excluding hydrogens is 287 g/mol. The third-order valence-corrected chi connectivity index (χ3v) is 3.86. The fourth-order valence-electron chi connectivity index (χ4n) is 1.66. The summed E-state index contributed by atoms with van der Waals surface area (Å²) < 4.78 is 0.978. The number of nitrogens with one attached hydrogen (secondary N) is 1. The average Bonchev–Trinajstić information content (AvgIpc) is 2.73. The van der Waals surface area contributed by atoms with E-state index in [9.17, 15) is 0 Å². The zero-order valence-electron chi connectivity index (χ0n) is 9.15. The topological polar surface area (TPSA) is 24.9 Å². The molecule has 0 amide bonds. The van der Waals surface area contributed by atoms with Gasteiger partial charge in [-0.25, -0.2) is 4.98 Å². The fourth-order valence-corrected chi connectivity index (χ4v) is 3.26. The first kappa shape index (κ1) is 11.8. The van der Waals surface area contributed by atoms with Crippen molar-refractivity contribution in [2.24, 2.45) is 0 Å². The lowest BCUT2D eigenvalue weighted by Crippen LogP contribution is -1.87. The summed E-state index contributed by atoms with van der Waals surface area (Å²) in [5.74, 6) is 0. The molecule has 0 aliphatic heterocycles. The number of aromatic nitrogens is 1. The van der Waals surface area contributed by atoms with Crippen LogP contribution in [0.1, 0.15) is 0 Å². The van der Waals surface area contributed by atoms with E-state index < -0.39 is 0 Å². The van der Waals surface area contributed by atoms with Gasteiger partial charge in [-0.2, -0.15) is 0 Å². The number of nitrogens with zero attached hydrogens (tertiary/aromatic N) is 1. The van der Waals surface area contributed by atoms with Gasteiger partial charge in [0.1, 0.15) is 5.52 Å². The molecule has 0 radical (unpaired) electrons. The molecule has 1 heterocycles. The van der Waals surface area contributed by atoms with Crippen molar-refractivity contribution < 1.29 is 0 Å². The second-order valence-corrected chi connectivity index (χ2v) is 5.62. The molecule has 0 fully saturated rings. The molecule has 90 valence electrons. The summed E-state index contributed by atoms with van der Waals surface area (Å²) in [7, 11) is 0. The molecule has 0 unspecified atom stereocenters. The van der Waals surface area contributed by atoms with Crippen LogP contribution in [0.4, 0.5) is 10.8 Å². The fraction of sp³-hybridized carbons (Fsp3) is 0. The molecule has 2 aromatic carbocycles. The summed E-state index contributed by atoms with van der Waals surface area (Å²) in [6, 6.07) is 13.5. The zero-order valence-corrected chi connectivity index (χ0v) is 11.5. The van der Waals surface area contributed by atoms with Gasteiger partial charge in [-0.15, -0.1) is 0 Å². The maximum absolute atomic E-state index is 6.11. The summed E-state index contributed by atoms with van der Waals surface area (Å²) in [5, 5.41) is 5.26. The summed E-state index contributed by atoms with van der Waals surface area (Å²) in [5.41, 5.74) is 1.78. The van der Waals surface area contributed by atoms with Gasteiger partial charge < -0.3 is 5.32 Å². The number of halogens is 2. The maximum atomic E-state index is 6.11. The third-order valence-electron chi connectivity index (χ3n) is 2.44. The lowest BCUT2D eigenvalue weighted by Gasteiger charge is -1.99. The molecule has 2 nitrogen and oxygen atoms in total. The Balaban J connectivity index is 2.01. The van der Waals surface area contributed by atoms with Crippen molar-refractivity contribution in [2.45, 2.75) is 0 Å². The SMILES string of the molecule is Clc1cc(Cl)c2nc(Nc3ccccc3)sc2c1. The van der Waals surface area contributed by atoms with Gasteiger partial charge in [0.25, 0.3) is 0 Å². The maximum Gasteiger partial charge on any atom is 0.188 e. The van der Waals surface area contributed by atoms with Crippen molar-refractivity contribution >= 4 is 55.6 Å². The van der Waals surface area contributed by atoms with Crippen LogP contribution in [0.5, 0.6) is 0 Å². The average molecular weight is 295 g/mol. The van der Waals surface area contributed by atoms with Crippen LogP contribution in [0.3, 0.4) is 0 Å². The normalized spacial score (nSPS) is 10.8. The zero-order chi connectivity index (χ0) is 12.5. The molecule has 3 rings (SSSR count). The number of rotatable bonds is 2. The third kappa shape index (κ3) is 2.29. The molecular formula is C13H8Cl2N2S. The first-order valence-corrected chi connectivity index (χ1v) is 6.87. The van der Waals surface area contributed by atoms with Crippen LogP contribution in [0, 0.1) is 0 Å². The van der Waals surface area contributed by atoms with E-state index in [0.29, 0.717) is 10.0 Å². The second-order valence-electron chi connectivity index (χ2n) is 3.74. The number of para-hydroxylation sites is 1. The summed E-state index contributed by atoms with van der Waals surface area (Å²) in [4.78, 5) is 4.47. The summed E-state index contributed by atoms with van der Waals surface area (Å²) >= 11 is 13.6. The van der Waals surface area contributed by atoms with Crippen molar-refractivity contribution in [3.8, 4) is 0 Å². The highest BCUT2D eigenvalue weighted by atomic mass is 35.5. The van der Waals surface area contributed by atoms with Gasteiger partial charge in [0.15, 0.2) is 5.13 Å². The Hall–Kier alpha value is -1.29. The summed E-state index contributed by atoms with van der Waals surface area (Å²) in [6.07, 6.45) is 0. The van der Waals surface area contributed by atoms with E-state index in [-0.39, 0.29) is 0 Å². The predicted octanol–water partition coefficient (Wildman–Crippen LogP) is 5.35. The number of hydrogen-bond donors (Lipinski definition) is 1. The molecule has 5 heteroatoms. The lowest BCUT2D eigenvalue weighted by atomic mass is 10.3. The smallest absolute Gasteiger partial charge is 0.188 e. The molecule has 1 N–H and O–H groups in total. The van der Waals surface area contributed by atoms with Crippen molar-refractivity contribution in [3.05, 3.63) is 52.5 Å². The Labute approximate surface area is 118 Å². The van der Waals surface area contributed by atoms with Gasteiger partial charge in [-0.05, 0) is 24.3 Å². The van der Waals surface area contributed by atoms with Gasteiger partial charge >= 0.3 is 0 Å². The van der Waals surface area contributed by atoms with E-state index in [0.717, 1.165) is 21.0 Å². The Morgan fingerprint density at radius 1 is 1.06 bits per heavy atom. The summed E-state index contributed by atoms with van der Waals surface area (Å²) in [6.45, 7) is 0. The minimum atomic E-state index is 0.579. The first-order chi connectivity index (χ1) is 8.72. The molecule has 1 aromatic heterocycles. The quantitative estimate of drug-likeness (QED) is 0.689. The van der Waals surface area contributed by atoms with Crippen LogP contribution in [0.2, 0.25) is 10.0 Å². The van der Waals surface area contributed by atoms with Gasteiger partial charge in [0, 0.05) is 10.7 Å². The van der Waals surface area contributed by atoms with Gasteiger partial charge in [-0.3, -0.25) is 0 Å². The number of benzene rings is 2. The van der Waals surface area contributed by atoms with Crippen molar-refractivity contribution in [1.82, 2.24) is 4.98 Å². The standard InChI is InChI=1S/C13H8Cl2N2S/c14-8-6-10(15)12-11(7-8)18-13(17-12)16-9-4-2-1-3-5-9/h1-7H,(H,16,17). The largest absolute Gasteiger partial charge is 0.332 e. The Bertz CT molecular complexity index is 695. The molecule has 0 aliphatic carbocycles. The lowest BCUT2D eigenvalue weighted by molar-refractivity contribution is 1.44. The monoisotopic (exact) mass is 294 g/mol. The predicted molar refractivity (Wildman–Crippen MR) is 79.4 cm³/mol. The van der Waals surface area contributed by atoms with Gasteiger partial charge in [-0.1, -0.05) is 52.7 Å². The highest BCUT2D eigenvalue weighted by Gasteiger charge is 2.08. The van der Waals surface area contributed by atoms with E-state index in [1.807, 2.05) is 36.4 Å². The van der Waals surface area contributed by atoms with Crippen LogP contribution < -0.4 is 5.32 Å². The van der Waals surface area contributed by atoms with Crippen molar-refractivity contribution in [1.29, 1.82) is 0 Å². The van der Waals surface area contributed by atoms with Crippen molar-refractivity contribution in [3.63, 3.8) is 0 Å². The van der Waals surface area contributed by atoms with Crippen LogP contribution in [0.15, 0.2) is 42.5 Å². The highest BCUT2D eigenvalue weighted by Crippen LogP contribution is 2.34. The molecule has 18 heavy (non-hydrogen) atoms. The minimum Gasteiger partial charge on any atom is -0.332 e. The van der Waals surface area contributed by atoms with Crippen LogP contribution >= 0.6 is 34.5 Å². The van der Waals surface area contributed by atoms with E-state index >= 15 is 0 Å². The molecule has 0 saturated heterocycles. The Morgan fingerprint density at radius 2 is 1.83 bits per heavy atom. The van der Waals surface area contributed by atoms with E-state index in [4.69, 9.17) is 23.2 Å². The van der Waals surface area contributed by atoms with Crippen molar-refractivity contribution in [2.75, 3.05) is 5.32 Å². The molecule has 0 bridgehead atoms. The van der Waals surface area contributed by atoms with E-state index in [1.165, 1.54) is 11.3 Å². The molecule has 0 atom stereocenters. The molecule has 0 aliphatic rings.